The number of nitrogens with zero attached hydrogens (tertiary/aromatic N) is 1. The Kier molecular flexibility index (Phi) is 4.41. The molecular weight excluding hydrogens is 218 g/mol. The minimum atomic E-state index is -0.284. The zero-order valence-corrected chi connectivity index (χ0v) is 10.1. The summed E-state index contributed by atoms with van der Waals surface area (Å²) in [6.07, 6.45) is 0. The van der Waals surface area contributed by atoms with Crippen molar-refractivity contribution < 1.29 is 9.53 Å². The molecule has 0 amide bonds. The lowest BCUT2D eigenvalue weighted by atomic mass is 10.4. The van der Waals surface area contributed by atoms with E-state index in [1.165, 1.54) is 18.4 Å². The van der Waals surface area contributed by atoms with Crippen molar-refractivity contribution in [3.05, 3.63) is 15.6 Å². The Balaban J connectivity index is 2.77. The molecule has 0 aromatic carbocycles. The fourth-order valence-electron chi connectivity index (χ4n) is 0.985. The van der Waals surface area contributed by atoms with E-state index in [0.717, 1.165) is 22.2 Å². The van der Waals surface area contributed by atoms with Gasteiger partial charge in [-0.1, -0.05) is 6.92 Å². The number of hydrogen-bond donors (Lipinski definition) is 0. The molecule has 0 radical (unpaired) electrons. The lowest BCUT2D eigenvalue weighted by Crippen LogP contribution is -1.99. The monoisotopic (exact) mass is 231 g/mol. The molecule has 0 aliphatic rings. The summed E-state index contributed by atoms with van der Waals surface area (Å²) in [4.78, 5) is 16.2. The second kappa shape index (κ2) is 5.36. The highest BCUT2D eigenvalue weighted by atomic mass is 32.2. The summed E-state index contributed by atoms with van der Waals surface area (Å²) in [5.41, 5.74) is 0.772. The molecule has 0 saturated carbocycles. The van der Waals surface area contributed by atoms with E-state index in [1.54, 1.807) is 11.8 Å². The topological polar surface area (TPSA) is 39.2 Å². The predicted molar refractivity (Wildman–Crippen MR) is 60.0 cm³/mol. The summed E-state index contributed by atoms with van der Waals surface area (Å²) in [5.74, 6) is 1.65. The Labute approximate surface area is 91.9 Å². The maximum absolute atomic E-state index is 11.3. The van der Waals surface area contributed by atoms with Gasteiger partial charge in [-0.25, -0.2) is 9.78 Å². The van der Waals surface area contributed by atoms with Gasteiger partial charge in [0.05, 0.1) is 12.8 Å². The number of ether oxygens (including phenoxy) is 1. The van der Waals surface area contributed by atoms with Gasteiger partial charge in [0.25, 0.3) is 0 Å². The number of carbonyl (C=O) groups is 1. The molecule has 0 aliphatic heterocycles. The van der Waals surface area contributed by atoms with Crippen LogP contribution in [0.15, 0.2) is 0 Å². The maximum Gasteiger partial charge on any atom is 0.349 e. The van der Waals surface area contributed by atoms with Crippen molar-refractivity contribution in [2.75, 3.05) is 12.9 Å². The molecule has 0 fully saturated rings. The zero-order valence-electron chi connectivity index (χ0n) is 8.49. The molecule has 5 heteroatoms. The Hall–Kier alpha value is -0.550. The molecule has 14 heavy (non-hydrogen) atoms. The van der Waals surface area contributed by atoms with E-state index in [4.69, 9.17) is 0 Å². The molecule has 1 aromatic rings. The van der Waals surface area contributed by atoms with Crippen molar-refractivity contribution in [1.29, 1.82) is 0 Å². The molecule has 0 unspecified atom stereocenters. The molecular formula is C9H13NO2S2. The summed E-state index contributed by atoms with van der Waals surface area (Å²) < 4.78 is 4.66. The van der Waals surface area contributed by atoms with Gasteiger partial charge in [-0.15, -0.1) is 11.3 Å². The average Bonchev–Trinajstić information content (AvgIpc) is 2.55. The number of carbonyl (C=O) groups excluding carboxylic acids is 1. The third-order valence-corrected chi connectivity index (χ3v) is 3.85. The van der Waals surface area contributed by atoms with E-state index in [-0.39, 0.29) is 5.97 Å². The first-order chi connectivity index (χ1) is 6.69. The van der Waals surface area contributed by atoms with Crippen LogP contribution in [0, 0.1) is 6.92 Å². The average molecular weight is 231 g/mol. The van der Waals surface area contributed by atoms with Crippen molar-refractivity contribution in [3.63, 3.8) is 0 Å². The van der Waals surface area contributed by atoms with Gasteiger partial charge in [0.15, 0.2) is 0 Å². The van der Waals surface area contributed by atoms with Crippen molar-refractivity contribution in [3.8, 4) is 0 Å². The van der Waals surface area contributed by atoms with Crippen LogP contribution in [0.4, 0.5) is 0 Å². The van der Waals surface area contributed by atoms with Crippen LogP contribution in [0.1, 0.15) is 27.3 Å². The number of thiazole rings is 1. The predicted octanol–water partition coefficient (Wildman–Crippen LogP) is 2.49. The van der Waals surface area contributed by atoms with Crippen molar-refractivity contribution in [2.24, 2.45) is 0 Å². The Morgan fingerprint density at radius 2 is 2.36 bits per heavy atom. The molecule has 1 rings (SSSR count). The van der Waals surface area contributed by atoms with Crippen LogP contribution in [0.25, 0.3) is 0 Å². The number of hydrogen-bond acceptors (Lipinski definition) is 5. The molecule has 0 N–H and O–H groups in total. The quantitative estimate of drug-likeness (QED) is 0.746. The Morgan fingerprint density at radius 1 is 1.64 bits per heavy atom. The van der Waals surface area contributed by atoms with Gasteiger partial charge in [-0.05, 0) is 12.7 Å². The third-order valence-electron chi connectivity index (χ3n) is 1.64. The molecule has 0 aliphatic carbocycles. The van der Waals surface area contributed by atoms with Gasteiger partial charge in [-0.2, -0.15) is 11.8 Å². The van der Waals surface area contributed by atoms with Crippen LogP contribution < -0.4 is 0 Å². The van der Waals surface area contributed by atoms with E-state index in [2.05, 4.69) is 16.6 Å². The smallest absolute Gasteiger partial charge is 0.349 e. The largest absolute Gasteiger partial charge is 0.465 e. The van der Waals surface area contributed by atoms with Gasteiger partial charge < -0.3 is 4.74 Å². The van der Waals surface area contributed by atoms with E-state index in [9.17, 15) is 4.79 Å². The fourth-order valence-corrected chi connectivity index (χ4v) is 2.69. The number of thioether (sulfide) groups is 1. The second-order valence-electron chi connectivity index (χ2n) is 2.65. The van der Waals surface area contributed by atoms with Crippen LogP contribution in [-0.2, 0) is 10.5 Å². The first-order valence-electron chi connectivity index (χ1n) is 4.31. The van der Waals surface area contributed by atoms with Gasteiger partial charge in [0.1, 0.15) is 9.88 Å². The molecule has 1 aromatic heterocycles. The molecule has 0 atom stereocenters. The molecule has 0 spiro atoms. The van der Waals surface area contributed by atoms with Crippen LogP contribution in [-0.4, -0.2) is 23.8 Å². The third kappa shape index (κ3) is 2.72. The van der Waals surface area contributed by atoms with Gasteiger partial charge in [-0.3, -0.25) is 0 Å². The minimum Gasteiger partial charge on any atom is -0.465 e. The minimum absolute atomic E-state index is 0.284. The van der Waals surface area contributed by atoms with E-state index >= 15 is 0 Å². The lowest BCUT2D eigenvalue weighted by Gasteiger charge is -1.93. The summed E-state index contributed by atoms with van der Waals surface area (Å²) >= 11 is 3.22. The summed E-state index contributed by atoms with van der Waals surface area (Å²) in [5, 5.41) is 0.995. The molecule has 3 nitrogen and oxygen atoms in total. The normalized spacial score (nSPS) is 10.2. The van der Waals surface area contributed by atoms with Crippen LogP contribution in [0.5, 0.6) is 0 Å². The zero-order chi connectivity index (χ0) is 10.6. The second-order valence-corrected chi connectivity index (χ2v) is 5.01. The Bertz CT molecular complexity index is 323. The van der Waals surface area contributed by atoms with E-state index < -0.39 is 0 Å². The number of rotatable bonds is 4. The molecule has 0 saturated heterocycles. The Morgan fingerprint density at radius 3 is 2.93 bits per heavy atom. The fraction of sp³-hybridized carbons (Fsp3) is 0.556. The van der Waals surface area contributed by atoms with Gasteiger partial charge in [0.2, 0.25) is 0 Å². The SMILES string of the molecule is CCSCc1nc(C)c(C(=O)OC)s1. The first-order valence-corrected chi connectivity index (χ1v) is 6.28. The van der Waals surface area contributed by atoms with Crippen molar-refractivity contribution >= 4 is 29.1 Å². The highest BCUT2D eigenvalue weighted by Crippen LogP contribution is 2.22. The number of esters is 1. The molecule has 78 valence electrons. The highest BCUT2D eigenvalue weighted by Gasteiger charge is 2.14. The van der Waals surface area contributed by atoms with Crippen LogP contribution in [0.2, 0.25) is 0 Å². The summed E-state index contributed by atoms with van der Waals surface area (Å²) in [6.45, 7) is 3.94. The standard InChI is InChI=1S/C9H13NO2S2/c1-4-13-5-7-10-6(2)8(14-7)9(11)12-3/h4-5H2,1-3H3. The van der Waals surface area contributed by atoms with Crippen molar-refractivity contribution in [2.45, 2.75) is 19.6 Å². The number of aromatic nitrogens is 1. The van der Waals surface area contributed by atoms with Gasteiger partial charge >= 0.3 is 5.97 Å². The van der Waals surface area contributed by atoms with Gasteiger partial charge in [0, 0.05) is 5.75 Å². The van der Waals surface area contributed by atoms with E-state index in [0.29, 0.717) is 4.88 Å². The van der Waals surface area contributed by atoms with Crippen molar-refractivity contribution in [1.82, 2.24) is 4.98 Å². The number of methoxy groups -OCH3 is 1. The maximum atomic E-state index is 11.3. The highest BCUT2D eigenvalue weighted by molar-refractivity contribution is 7.98. The lowest BCUT2D eigenvalue weighted by molar-refractivity contribution is 0.0605. The summed E-state index contributed by atoms with van der Waals surface area (Å²) in [6, 6.07) is 0. The van der Waals surface area contributed by atoms with Crippen LogP contribution in [0.3, 0.4) is 0 Å². The van der Waals surface area contributed by atoms with E-state index in [1.807, 2.05) is 6.92 Å². The summed E-state index contributed by atoms with van der Waals surface area (Å²) in [7, 11) is 1.39. The molecule has 0 bridgehead atoms. The van der Waals surface area contributed by atoms with Crippen LogP contribution >= 0.6 is 23.1 Å². The first kappa shape index (κ1) is 11.5. The number of aryl methyl sites for hydroxylation is 1. The molecule has 1 heterocycles.